The van der Waals surface area contributed by atoms with Crippen molar-refractivity contribution in [1.82, 2.24) is 19.7 Å². The van der Waals surface area contributed by atoms with E-state index in [9.17, 15) is 10.1 Å². The SMILES string of the molecule is Cc1nc2ccccn2c1C(=O)NCC1CCN(c2ncccc2C#N)CC1. The molecule has 1 fully saturated rings. The summed E-state index contributed by atoms with van der Waals surface area (Å²) >= 11 is 0. The lowest BCUT2D eigenvalue weighted by Gasteiger charge is -2.33. The molecule has 0 bridgehead atoms. The maximum Gasteiger partial charge on any atom is 0.270 e. The predicted octanol–water partition coefficient (Wildman–Crippen LogP) is 2.56. The minimum Gasteiger partial charge on any atom is -0.356 e. The van der Waals surface area contributed by atoms with Crippen molar-refractivity contribution in [3.63, 3.8) is 0 Å². The average molecular weight is 374 g/mol. The van der Waals surface area contributed by atoms with Gasteiger partial charge in [-0.1, -0.05) is 6.07 Å². The highest BCUT2D eigenvalue weighted by molar-refractivity contribution is 5.94. The maximum absolute atomic E-state index is 12.7. The number of piperidine rings is 1. The summed E-state index contributed by atoms with van der Waals surface area (Å²) in [5.41, 5.74) is 2.72. The molecule has 0 radical (unpaired) electrons. The third-order valence-corrected chi connectivity index (χ3v) is 5.29. The molecule has 0 saturated carbocycles. The van der Waals surface area contributed by atoms with E-state index in [2.05, 4.69) is 26.3 Å². The minimum atomic E-state index is -0.0878. The van der Waals surface area contributed by atoms with Crippen LogP contribution in [-0.2, 0) is 0 Å². The Bertz CT molecular complexity index is 1040. The highest BCUT2D eigenvalue weighted by Crippen LogP contribution is 2.24. The van der Waals surface area contributed by atoms with Gasteiger partial charge in [0.2, 0.25) is 0 Å². The number of hydrogen-bond acceptors (Lipinski definition) is 5. The van der Waals surface area contributed by atoms with Gasteiger partial charge in [0, 0.05) is 32.0 Å². The molecule has 0 spiro atoms. The first-order chi connectivity index (χ1) is 13.7. The van der Waals surface area contributed by atoms with Crippen LogP contribution in [0.1, 0.15) is 34.6 Å². The van der Waals surface area contributed by atoms with Crippen molar-refractivity contribution in [2.24, 2.45) is 5.92 Å². The van der Waals surface area contributed by atoms with Gasteiger partial charge in [-0.25, -0.2) is 9.97 Å². The number of fused-ring (bicyclic) bond motifs is 1. The lowest BCUT2D eigenvalue weighted by Crippen LogP contribution is -2.39. The van der Waals surface area contributed by atoms with Crippen LogP contribution in [0.4, 0.5) is 5.82 Å². The maximum atomic E-state index is 12.7. The second kappa shape index (κ2) is 7.69. The van der Waals surface area contributed by atoms with Crippen molar-refractivity contribution in [3.8, 4) is 6.07 Å². The number of nitrogens with zero attached hydrogens (tertiary/aromatic N) is 5. The number of imidazole rings is 1. The van der Waals surface area contributed by atoms with Crippen LogP contribution in [0.5, 0.6) is 0 Å². The van der Waals surface area contributed by atoms with Crippen molar-refractivity contribution in [2.45, 2.75) is 19.8 Å². The number of aryl methyl sites for hydroxylation is 1. The molecule has 0 unspecified atom stereocenters. The Morgan fingerprint density at radius 3 is 2.89 bits per heavy atom. The van der Waals surface area contributed by atoms with E-state index in [4.69, 9.17) is 0 Å². The summed E-state index contributed by atoms with van der Waals surface area (Å²) in [5, 5.41) is 12.3. The number of aromatic nitrogens is 3. The fourth-order valence-electron chi connectivity index (χ4n) is 3.79. The highest BCUT2D eigenvalue weighted by Gasteiger charge is 2.23. The van der Waals surface area contributed by atoms with Crippen molar-refractivity contribution < 1.29 is 4.79 Å². The van der Waals surface area contributed by atoms with Crippen molar-refractivity contribution >= 4 is 17.4 Å². The number of pyridine rings is 2. The summed E-state index contributed by atoms with van der Waals surface area (Å²) in [5.74, 6) is 1.08. The molecule has 1 saturated heterocycles. The zero-order valence-electron chi connectivity index (χ0n) is 15.8. The molecule has 1 N–H and O–H groups in total. The van der Waals surface area contributed by atoms with Crippen LogP contribution in [0, 0.1) is 24.2 Å². The van der Waals surface area contributed by atoms with E-state index >= 15 is 0 Å². The van der Waals surface area contributed by atoms with Gasteiger partial charge >= 0.3 is 0 Å². The Kier molecular flexibility index (Phi) is 4.94. The number of nitrogens with one attached hydrogen (secondary N) is 1. The van der Waals surface area contributed by atoms with Gasteiger partial charge in [0.05, 0.1) is 11.3 Å². The van der Waals surface area contributed by atoms with E-state index in [1.807, 2.05) is 35.7 Å². The lowest BCUT2D eigenvalue weighted by atomic mass is 9.96. The zero-order chi connectivity index (χ0) is 19.5. The van der Waals surface area contributed by atoms with E-state index in [1.165, 1.54) is 0 Å². The van der Waals surface area contributed by atoms with Gasteiger partial charge < -0.3 is 10.2 Å². The number of rotatable bonds is 4. The van der Waals surface area contributed by atoms with Crippen LogP contribution >= 0.6 is 0 Å². The summed E-state index contributed by atoms with van der Waals surface area (Å²) < 4.78 is 1.83. The van der Waals surface area contributed by atoms with Gasteiger partial charge in [-0.15, -0.1) is 0 Å². The standard InChI is InChI=1S/C21H22N6O/c1-15-19(27-10-3-2-6-18(27)25-15)21(28)24-14-16-7-11-26(12-8-16)20-17(13-22)5-4-9-23-20/h2-6,9-10,16H,7-8,11-12,14H2,1H3,(H,24,28). The van der Waals surface area contributed by atoms with Crippen molar-refractivity contribution in [1.29, 1.82) is 5.26 Å². The Morgan fingerprint density at radius 1 is 1.29 bits per heavy atom. The minimum absolute atomic E-state index is 0.0878. The Hall–Kier alpha value is -3.40. The monoisotopic (exact) mass is 374 g/mol. The summed E-state index contributed by atoms with van der Waals surface area (Å²) in [6.07, 6.45) is 5.49. The zero-order valence-corrected chi connectivity index (χ0v) is 15.8. The van der Waals surface area contributed by atoms with Crippen LogP contribution in [0.2, 0.25) is 0 Å². The van der Waals surface area contributed by atoms with E-state index in [0.717, 1.165) is 43.1 Å². The average Bonchev–Trinajstić information content (AvgIpc) is 3.08. The summed E-state index contributed by atoms with van der Waals surface area (Å²) in [7, 11) is 0. The number of anilines is 1. The molecule has 1 aliphatic heterocycles. The molecule has 0 aromatic carbocycles. The van der Waals surface area contributed by atoms with E-state index < -0.39 is 0 Å². The van der Waals surface area contributed by atoms with Gasteiger partial charge in [-0.05, 0) is 49.9 Å². The van der Waals surface area contributed by atoms with Crippen LogP contribution in [0.3, 0.4) is 0 Å². The number of nitriles is 1. The Morgan fingerprint density at radius 2 is 2.11 bits per heavy atom. The van der Waals surface area contributed by atoms with Gasteiger partial charge in [-0.3, -0.25) is 9.20 Å². The summed E-state index contributed by atoms with van der Waals surface area (Å²) in [6.45, 7) is 4.17. The third kappa shape index (κ3) is 3.41. The molecule has 0 atom stereocenters. The van der Waals surface area contributed by atoms with Crippen LogP contribution in [-0.4, -0.2) is 39.9 Å². The largest absolute Gasteiger partial charge is 0.356 e. The molecule has 3 aromatic heterocycles. The van der Waals surface area contributed by atoms with Crippen LogP contribution < -0.4 is 10.2 Å². The molecule has 7 heteroatoms. The van der Waals surface area contributed by atoms with Crippen LogP contribution in [0.15, 0.2) is 42.7 Å². The highest BCUT2D eigenvalue weighted by atomic mass is 16.1. The molecular formula is C21H22N6O. The van der Waals surface area contributed by atoms with E-state index in [1.54, 1.807) is 18.3 Å². The Labute approximate surface area is 163 Å². The Balaban J connectivity index is 1.36. The first kappa shape index (κ1) is 18.0. The van der Waals surface area contributed by atoms with E-state index in [-0.39, 0.29) is 5.91 Å². The predicted molar refractivity (Wildman–Crippen MR) is 106 cm³/mol. The molecule has 28 heavy (non-hydrogen) atoms. The fourth-order valence-corrected chi connectivity index (χ4v) is 3.79. The quantitative estimate of drug-likeness (QED) is 0.758. The summed E-state index contributed by atoms with van der Waals surface area (Å²) in [6, 6.07) is 11.5. The topological polar surface area (TPSA) is 86.3 Å². The molecule has 3 aromatic rings. The molecule has 0 aliphatic carbocycles. The third-order valence-electron chi connectivity index (χ3n) is 5.29. The molecule has 4 rings (SSSR count). The van der Waals surface area contributed by atoms with Crippen molar-refractivity contribution in [3.05, 3.63) is 59.7 Å². The van der Waals surface area contributed by atoms with Crippen LogP contribution in [0.25, 0.3) is 5.65 Å². The smallest absolute Gasteiger partial charge is 0.270 e. The molecular weight excluding hydrogens is 352 g/mol. The molecule has 1 amide bonds. The number of hydrogen-bond donors (Lipinski definition) is 1. The van der Waals surface area contributed by atoms with Gasteiger partial charge in [0.25, 0.3) is 5.91 Å². The number of carbonyl (C=O) groups excluding carboxylic acids is 1. The number of carbonyl (C=O) groups is 1. The van der Waals surface area contributed by atoms with Gasteiger partial charge in [0.1, 0.15) is 23.2 Å². The lowest BCUT2D eigenvalue weighted by molar-refractivity contribution is 0.0938. The normalized spacial score (nSPS) is 14.8. The van der Waals surface area contributed by atoms with Gasteiger partial charge in [-0.2, -0.15) is 5.26 Å². The first-order valence-electron chi connectivity index (χ1n) is 9.49. The summed E-state index contributed by atoms with van der Waals surface area (Å²) in [4.78, 5) is 23.7. The second-order valence-electron chi connectivity index (χ2n) is 7.10. The van der Waals surface area contributed by atoms with E-state index in [0.29, 0.717) is 23.7 Å². The molecule has 1 aliphatic rings. The molecule has 142 valence electrons. The molecule has 7 nitrogen and oxygen atoms in total. The van der Waals surface area contributed by atoms with Gasteiger partial charge in [0.15, 0.2) is 0 Å². The second-order valence-corrected chi connectivity index (χ2v) is 7.10. The number of amides is 1. The fraction of sp³-hybridized carbons (Fsp3) is 0.333. The van der Waals surface area contributed by atoms with Crippen molar-refractivity contribution in [2.75, 3.05) is 24.5 Å². The first-order valence-corrected chi connectivity index (χ1v) is 9.49. The molecule has 4 heterocycles.